The second kappa shape index (κ2) is 9.00. The lowest BCUT2D eigenvalue weighted by atomic mass is 10.1. The second-order valence-electron chi connectivity index (χ2n) is 7.61. The molecule has 1 aliphatic rings. The molecule has 0 bridgehead atoms. The van der Waals surface area contributed by atoms with E-state index in [0.29, 0.717) is 11.7 Å². The first-order valence-electron chi connectivity index (χ1n) is 9.97. The van der Waals surface area contributed by atoms with Crippen LogP contribution in [-0.2, 0) is 10.0 Å². The van der Waals surface area contributed by atoms with Gasteiger partial charge in [-0.15, -0.1) is 11.3 Å². The first kappa shape index (κ1) is 22.4. The summed E-state index contributed by atoms with van der Waals surface area (Å²) in [4.78, 5) is 5.46. The fourth-order valence-electron chi connectivity index (χ4n) is 3.64. The molecule has 32 heavy (non-hydrogen) atoms. The molecule has 170 valence electrons. The van der Waals surface area contributed by atoms with Crippen molar-refractivity contribution in [2.75, 3.05) is 35.1 Å². The number of hydrogen-bond acceptors (Lipinski definition) is 7. The third-order valence-electron chi connectivity index (χ3n) is 5.35. The SMILES string of the molecule is CNC1CCN(c2cc(C)ccc2Nc2c(F)cc(S(=O)(=O)Nc3cscn3)cc2F)C1. The molecule has 0 radical (unpaired) electrons. The Kier molecular flexibility index (Phi) is 6.31. The zero-order valence-electron chi connectivity index (χ0n) is 17.5. The summed E-state index contributed by atoms with van der Waals surface area (Å²) in [5, 5.41) is 7.57. The van der Waals surface area contributed by atoms with Crippen molar-refractivity contribution in [3.63, 3.8) is 0 Å². The van der Waals surface area contributed by atoms with Gasteiger partial charge in [0.1, 0.15) is 5.69 Å². The number of rotatable bonds is 7. The molecule has 0 amide bonds. The lowest BCUT2D eigenvalue weighted by Gasteiger charge is -2.24. The highest BCUT2D eigenvalue weighted by atomic mass is 32.2. The van der Waals surface area contributed by atoms with Crippen molar-refractivity contribution in [3.8, 4) is 0 Å². The van der Waals surface area contributed by atoms with Crippen molar-refractivity contribution < 1.29 is 17.2 Å². The number of nitrogens with one attached hydrogen (secondary N) is 3. The maximum Gasteiger partial charge on any atom is 0.263 e. The van der Waals surface area contributed by atoms with Gasteiger partial charge in [-0.3, -0.25) is 4.72 Å². The maximum atomic E-state index is 14.9. The van der Waals surface area contributed by atoms with E-state index < -0.39 is 32.2 Å². The summed E-state index contributed by atoms with van der Waals surface area (Å²) in [7, 11) is -2.27. The molecule has 1 aliphatic heterocycles. The minimum absolute atomic E-state index is 0.0906. The van der Waals surface area contributed by atoms with Gasteiger partial charge in [0.25, 0.3) is 10.0 Å². The topological polar surface area (TPSA) is 86.4 Å². The number of anilines is 4. The van der Waals surface area contributed by atoms with Crippen LogP contribution in [0.4, 0.5) is 31.7 Å². The van der Waals surface area contributed by atoms with Gasteiger partial charge >= 0.3 is 0 Å². The van der Waals surface area contributed by atoms with Crippen molar-refractivity contribution in [2.24, 2.45) is 0 Å². The van der Waals surface area contributed by atoms with E-state index in [-0.39, 0.29) is 5.82 Å². The number of thiazole rings is 1. The van der Waals surface area contributed by atoms with Gasteiger partial charge in [-0.2, -0.15) is 0 Å². The number of aromatic nitrogens is 1. The zero-order valence-corrected chi connectivity index (χ0v) is 19.2. The van der Waals surface area contributed by atoms with E-state index in [0.717, 1.165) is 42.9 Å². The predicted molar refractivity (Wildman–Crippen MR) is 123 cm³/mol. The third-order valence-corrected chi connectivity index (χ3v) is 7.27. The van der Waals surface area contributed by atoms with Crippen LogP contribution in [0.2, 0.25) is 0 Å². The Balaban J connectivity index is 1.63. The Bertz CT molecular complexity index is 1200. The monoisotopic (exact) mass is 479 g/mol. The fourth-order valence-corrected chi connectivity index (χ4v) is 5.22. The number of sulfonamides is 1. The average molecular weight is 480 g/mol. The molecule has 0 spiro atoms. The number of hydrogen-bond donors (Lipinski definition) is 3. The van der Waals surface area contributed by atoms with Gasteiger partial charge in [-0.1, -0.05) is 6.07 Å². The number of benzene rings is 2. The van der Waals surface area contributed by atoms with Gasteiger partial charge in [-0.05, 0) is 50.2 Å². The third kappa shape index (κ3) is 4.69. The Morgan fingerprint density at radius 2 is 1.94 bits per heavy atom. The van der Waals surface area contributed by atoms with Gasteiger partial charge in [-0.25, -0.2) is 22.2 Å². The van der Waals surface area contributed by atoms with Crippen LogP contribution in [-0.4, -0.2) is 39.6 Å². The number of likely N-dealkylation sites (N-methyl/N-ethyl adjacent to an activating group) is 1. The molecule has 2 heterocycles. The van der Waals surface area contributed by atoms with Gasteiger partial charge in [0.05, 0.1) is 21.8 Å². The standard InChI is InChI=1S/C21H23F2N5O2S2/c1-13-3-4-18(19(7-13)28-6-5-14(10-28)24-2)26-21-16(22)8-15(9-17(21)23)32(29,30)27-20-11-31-12-25-20/h3-4,7-9,11-12,14,24,26-27H,5-6,10H2,1-2H3. The molecule has 1 unspecified atom stereocenters. The van der Waals surface area contributed by atoms with E-state index in [2.05, 4.69) is 25.2 Å². The molecule has 1 fully saturated rings. The fraction of sp³-hybridized carbons (Fsp3) is 0.286. The van der Waals surface area contributed by atoms with E-state index >= 15 is 0 Å². The van der Waals surface area contributed by atoms with Crippen LogP contribution >= 0.6 is 11.3 Å². The molecule has 1 atom stereocenters. The summed E-state index contributed by atoms with van der Waals surface area (Å²) in [6, 6.07) is 7.51. The number of aryl methyl sites for hydroxylation is 1. The van der Waals surface area contributed by atoms with Crippen LogP contribution in [0.3, 0.4) is 0 Å². The van der Waals surface area contributed by atoms with Crippen molar-refractivity contribution in [1.29, 1.82) is 0 Å². The molecular weight excluding hydrogens is 456 g/mol. The minimum atomic E-state index is -4.18. The highest BCUT2D eigenvalue weighted by molar-refractivity contribution is 7.92. The summed E-state index contributed by atoms with van der Waals surface area (Å²) in [6.45, 7) is 3.54. The van der Waals surface area contributed by atoms with Crippen molar-refractivity contribution >= 4 is 44.2 Å². The van der Waals surface area contributed by atoms with E-state index in [1.807, 2.05) is 26.1 Å². The van der Waals surface area contributed by atoms with Gasteiger partial charge in [0.2, 0.25) is 0 Å². The van der Waals surface area contributed by atoms with Gasteiger partial charge in [0.15, 0.2) is 17.5 Å². The van der Waals surface area contributed by atoms with Crippen LogP contribution in [0.5, 0.6) is 0 Å². The van der Waals surface area contributed by atoms with E-state index in [1.165, 1.54) is 22.2 Å². The molecule has 1 saturated heterocycles. The molecule has 3 N–H and O–H groups in total. The van der Waals surface area contributed by atoms with Gasteiger partial charge in [0, 0.05) is 24.5 Å². The summed E-state index contributed by atoms with van der Waals surface area (Å²) < 4.78 is 56.9. The first-order valence-corrected chi connectivity index (χ1v) is 12.4. The molecule has 0 saturated carbocycles. The van der Waals surface area contributed by atoms with Crippen LogP contribution < -0.4 is 20.3 Å². The van der Waals surface area contributed by atoms with Crippen LogP contribution in [0.1, 0.15) is 12.0 Å². The molecule has 11 heteroatoms. The van der Waals surface area contributed by atoms with Crippen molar-refractivity contribution in [2.45, 2.75) is 24.3 Å². The number of halogens is 2. The summed E-state index contributed by atoms with van der Waals surface area (Å²) in [5.74, 6) is -1.93. The Labute approximate surface area is 189 Å². The first-order chi connectivity index (χ1) is 15.3. The predicted octanol–water partition coefficient (Wildman–Crippen LogP) is 4.07. The van der Waals surface area contributed by atoms with E-state index in [1.54, 1.807) is 6.07 Å². The molecule has 4 rings (SSSR count). The second-order valence-corrected chi connectivity index (χ2v) is 10.0. The quantitative estimate of drug-likeness (QED) is 0.474. The lowest BCUT2D eigenvalue weighted by Crippen LogP contribution is -2.29. The zero-order chi connectivity index (χ0) is 22.9. The maximum absolute atomic E-state index is 14.9. The van der Waals surface area contributed by atoms with Crippen LogP contribution in [0.15, 0.2) is 46.1 Å². The minimum Gasteiger partial charge on any atom is -0.368 e. The Hall–Kier alpha value is -2.76. The van der Waals surface area contributed by atoms with E-state index in [4.69, 9.17) is 0 Å². The Morgan fingerprint density at radius 3 is 2.56 bits per heavy atom. The van der Waals surface area contributed by atoms with Crippen molar-refractivity contribution in [1.82, 2.24) is 10.3 Å². The molecule has 7 nitrogen and oxygen atoms in total. The molecule has 3 aromatic rings. The summed E-state index contributed by atoms with van der Waals surface area (Å²) >= 11 is 1.20. The largest absolute Gasteiger partial charge is 0.368 e. The normalized spacial score (nSPS) is 16.4. The van der Waals surface area contributed by atoms with Crippen molar-refractivity contribution in [3.05, 3.63) is 58.4 Å². The highest BCUT2D eigenvalue weighted by Crippen LogP contribution is 2.35. The summed E-state index contributed by atoms with van der Waals surface area (Å²) in [6.07, 6.45) is 0.963. The highest BCUT2D eigenvalue weighted by Gasteiger charge is 2.25. The van der Waals surface area contributed by atoms with Crippen LogP contribution in [0, 0.1) is 18.6 Å². The van der Waals surface area contributed by atoms with Gasteiger partial charge < -0.3 is 15.5 Å². The summed E-state index contributed by atoms with van der Waals surface area (Å²) in [5.41, 5.74) is 3.44. The Morgan fingerprint density at radius 1 is 1.19 bits per heavy atom. The van der Waals surface area contributed by atoms with Crippen LogP contribution in [0.25, 0.3) is 0 Å². The number of nitrogens with zero attached hydrogens (tertiary/aromatic N) is 2. The molecule has 2 aromatic carbocycles. The van der Waals surface area contributed by atoms with E-state index in [9.17, 15) is 17.2 Å². The molecule has 1 aromatic heterocycles. The average Bonchev–Trinajstić information content (AvgIpc) is 3.43. The smallest absolute Gasteiger partial charge is 0.263 e. The lowest BCUT2D eigenvalue weighted by molar-refractivity contribution is 0.574. The molecule has 0 aliphatic carbocycles. The molecular formula is C21H23F2N5O2S2.